The molecule has 1 saturated heterocycles. The number of urea groups is 1. The van der Waals surface area contributed by atoms with Gasteiger partial charge in [0.15, 0.2) is 0 Å². The van der Waals surface area contributed by atoms with Crippen LogP contribution in [0.2, 0.25) is 5.02 Å². The molecule has 1 aliphatic rings. The molecule has 2 aromatic heterocycles. The van der Waals surface area contributed by atoms with Crippen molar-refractivity contribution in [2.24, 2.45) is 0 Å². The Morgan fingerprint density at radius 1 is 1.23 bits per heavy atom. The van der Waals surface area contributed by atoms with E-state index in [2.05, 4.69) is 25.5 Å². The average Bonchev–Trinajstić information content (AvgIpc) is 3.46. The number of nitrogens with one attached hydrogen (secondary N) is 2. The van der Waals surface area contributed by atoms with Gasteiger partial charge < -0.3 is 25.2 Å². The van der Waals surface area contributed by atoms with Crippen LogP contribution in [-0.2, 0) is 4.79 Å². The van der Waals surface area contributed by atoms with Crippen molar-refractivity contribution in [1.29, 1.82) is 0 Å². The van der Waals surface area contributed by atoms with Gasteiger partial charge in [0, 0.05) is 56.8 Å². The molecule has 0 aliphatic carbocycles. The Morgan fingerprint density at radius 2 is 2.05 bits per heavy atom. The number of rotatable bonds is 9. The number of carbonyl (C=O) groups is 2. The minimum Gasteiger partial charge on any atom is -0.495 e. The summed E-state index contributed by atoms with van der Waals surface area (Å²) in [6.45, 7) is 7.85. The third kappa shape index (κ3) is 6.97. The van der Waals surface area contributed by atoms with E-state index in [1.54, 1.807) is 47.4 Å². The van der Waals surface area contributed by atoms with Crippen molar-refractivity contribution in [3.63, 3.8) is 0 Å². The van der Waals surface area contributed by atoms with E-state index in [4.69, 9.17) is 21.3 Å². The van der Waals surface area contributed by atoms with Crippen LogP contribution >= 0.6 is 11.6 Å². The number of methoxy groups -OCH3 is 1. The number of ether oxygens (including phenoxy) is 1. The molecule has 3 heterocycles. The molecule has 2 unspecified atom stereocenters. The minimum atomic E-state index is -0.289. The van der Waals surface area contributed by atoms with Gasteiger partial charge in [0.1, 0.15) is 17.9 Å². The lowest BCUT2D eigenvalue weighted by atomic mass is 10.1. The number of amides is 3. The summed E-state index contributed by atoms with van der Waals surface area (Å²) >= 11 is 6.29. The number of hydrogen-bond acceptors (Lipinski definition) is 7. The maximum atomic E-state index is 13.3. The first kappa shape index (κ1) is 28.2. The number of aryl methyl sites for hydroxylation is 1. The molecule has 39 heavy (non-hydrogen) atoms. The van der Waals surface area contributed by atoms with Crippen LogP contribution in [0.1, 0.15) is 44.0 Å². The first-order chi connectivity index (χ1) is 18.8. The lowest BCUT2D eigenvalue weighted by molar-refractivity contribution is -0.122. The van der Waals surface area contributed by atoms with Crippen LogP contribution in [0, 0.1) is 6.92 Å². The van der Waals surface area contributed by atoms with Crippen molar-refractivity contribution in [1.82, 2.24) is 35.1 Å². The van der Waals surface area contributed by atoms with E-state index in [1.165, 1.54) is 0 Å². The first-order valence-corrected chi connectivity index (χ1v) is 13.4. The van der Waals surface area contributed by atoms with Gasteiger partial charge in [-0.15, -0.1) is 0 Å². The third-order valence-corrected chi connectivity index (χ3v) is 6.92. The molecule has 3 aromatic rings. The van der Waals surface area contributed by atoms with Gasteiger partial charge in [-0.1, -0.05) is 24.6 Å². The first-order valence-electron chi connectivity index (χ1n) is 13.0. The van der Waals surface area contributed by atoms with E-state index in [-0.39, 0.29) is 30.4 Å². The molecule has 2 atom stereocenters. The number of halogens is 1. The van der Waals surface area contributed by atoms with Gasteiger partial charge in [-0.3, -0.25) is 9.36 Å². The van der Waals surface area contributed by atoms with Crippen LogP contribution in [-0.4, -0.2) is 75.7 Å². The molecule has 4 rings (SSSR count). The van der Waals surface area contributed by atoms with E-state index in [0.29, 0.717) is 48.7 Å². The number of imidazole rings is 1. The van der Waals surface area contributed by atoms with Crippen molar-refractivity contribution in [3.05, 3.63) is 59.3 Å². The smallest absolute Gasteiger partial charge is 0.317 e. The summed E-state index contributed by atoms with van der Waals surface area (Å²) in [6.07, 6.45) is 6.12. The van der Waals surface area contributed by atoms with E-state index in [9.17, 15) is 9.59 Å². The second kappa shape index (κ2) is 12.8. The Hall–Kier alpha value is -3.86. The highest BCUT2D eigenvalue weighted by Crippen LogP contribution is 2.28. The monoisotopic (exact) mass is 554 g/mol. The molecular weight excluding hydrogens is 520 g/mol. The normalized spacial score (nSPS) is 16.1. The Bertz CT molecular complexity index is 1290. The van der Waals surface area contributed by atoms with E-state index in [1.807, 2.05) is 32.9 Å². The fourth-order valence-corrected chi connectivity index (χ4v) is 4.85. The number of anilines is 1. The maximum absolute atomic E-state index is 13.3. The van der Waals surface area contributed by atoms with Crippen LogP contribution in [0.15, 0.2) is 43.0 Å². The molecule has 2 N–H and O–H groups in total. The minimum absolute atomic E-state index is 0.124. The van der Waals surface area contributed by atoms with Gasteiger partial charge in [0.2, 0.25) is 11.9 Å². The Labute approximate surface area is 233 Å². The molecule has 11 nitrogen and oxygen atoms in total. The highest BCUT2D eigenvalue weighted by molar-refractivity contribution is 6.32. The topological polar surface area (TPSA) is 118 Å². The zero-order chi connectivity index (χ0) is 27.9. The van der Waals surface area contributed by atoms with E-state index < -0.39 is 0 Å². The van der Waals surface area contributed by atoms with Gasteiger partial charge in [0.25, 0.3) is 0 Å². The molecule has 12 heteroatoms. The quantitative estimate of drug-likeness (QED) is 0.415. The molecule has 0 bridgehead atoms. The summed E-state index contributed by atoms with van der Waals surface area (Å²) in [7, 11) is 1.56. The Kier molecular flexibility index (Phi) is 9.23. The lowest BCUT2D eigenvalue weighted by Gasteiger charge is -2.42. The molecule has 3 amide bonds. The molecule has 0 saturated carbocycles. The summed E-state index contributed by atoms with van der Waals surface area (Å²) in [5.41, 5.74) is 1.66. The predicted molar refractivity (Wildman–Crippen MR) is 149 cm³/mol. The highest BCUT2D eigenvalue weighted by atomic mass is 35.5. The van der Waals surface area contributed by atoms with Crippen molar-refractivity contribution in [3.8, 4) is 11.7 Å². The Balaban J connectivity index is 1.54. The number of hydrogen-bond donors (Lipinski definition) is 2. The van der Waals surface area contributed by atoms with Gasteiger partial charge in [-0.05, 0) is 38.0 Å². The fourth-order valence-electron chi connectivity index (χ4n) is 4.59. The summed E-state index contributed by atoms with van der Waals surface area (Å²) in [5.74, 6) is 1.64. The number of nitrogens with zero attached hydrogens (tertiary/aromatic N) is 6. The maximum Gasteiger partial charge on any atom is 0.317 e. The van der Waals surface area contributed by atoms with Crippen LogP contribution in [0.3, 0.4) is 0 Å². The van der Waals surface area contributed by atoms with Crippen molar-refractivity contribution >= 4 is 29.4 Å². The van der Waals surface area contributed by atoms with Gasteiger partial charge in [-0.25, -0.2) is 14.8 Å². The van der Waals surface area contributed by atoms with Crippen molar-refractivity contribution in [2.45, 2.75) is 45.7 Å². The van der Waals surface area contributed by atoms with E-state index in [0.717, 1.165) is 17.7 Å². The van der Waals surface area contributed by atoms with Crippen LogP contribution in [0.4, 0.5) is 10.6 Å². The molecular formula is C27H35ClN8O3. The molecule has 208 valence electrons. The van der Waals surface area contributed by atoms with Crippen LogP contribution < -0.4 is 20.3 Å². The second-order valence-electron chi connectivity index (χ2n) is 9.55. The van der Waals surface area contributed by atoms with Crippen molar-refractivity contribution in [2.75, 3.05) is 38.2 Å². The predicted octanol–water partition coefficient (Wildman–Crippen LogP) is 3.51. The van der Waals surface area contributed by atoms with Gasteiger partial charge in [-0.2, -0.15) is 4.98 Å². The third-order valence-electron chi connectivity index (χ3n) is 6.63. The summed E-state index contributed by atoms with van der Waals surface area (Å²) in [4.78, 5) is 43.3. The Morgan fingerprint density at radius 3 is 2.74 bits per heavy atom. The number of piperazine rings is 1. The van der Waals surface area contributed by atoms with Gasteiger partial charge >= 0.3 is 6.03 Å². The summed E-state index contributed by atoms with van der Waals surface area (Å²) < 4.78 is 6.98. The van der Waals surface area contributed by atoms with Gasteiger partial charge in [0.05, 0.1) is 24.2 Å². The zero-order valence-corrected chi connectivity index (χ0v) is 23.5. The zero-order valence-electron chi connectivity index (χ0n) is 22.7. The molecule has 0 spiro atoms. The largest absolute Gasteiger partial charge is 0.495 e. The fraction of sp³-hybridized carbons (Fsp3) is 0.444. The number of benzene rings is 1. The second-order valence-corrected chi connectivity index (χ2v) is 9.96. The highest BCUT2D eigenvalue weighted by Gasteiger charge is 2.32. The van der Waals surface area contributed by atoms with Crippen molar-refractivity contribution < 1.29 is 14.3 Å². The number of aromatic nitrogens is 4. The SMILES string of the molecule is CCCNC(=O)N1CCN(c2cc(C)nc(-n3ccnc3)n2)C(CC(=O)NC(C)c2ccc(OC)c(Cl)c2)C1. The lowest BCUT2D eigenvalue weighted by Crippen LogP contribution is -2.58. The van der Waals surface area contributed by atoms with Crippen LogP contribution in [0.25, 0.3) is 5.95 Å². The van der Waals surface area contributed by atoms with Crippen LogP contribution in [0.5, 0.6) is 5.75 Å². The summed E-state index contributed by atoms with van der Waals surface area (Å²) in [6, 6.07) is 6.67. The number of carbonyl (C=O) groups excluding carboxylic acids is 2. The molecule has 1 aromatic carbocycles. The molecule has 1 fully saturated rings. The average molecular weight is 555 g/mol. The summed E-state index contributed by atoms with van der Waals surface area (Å²) in [5, 5.41) is 6.50. The molecule has 0 radical (unpaired) electrons. The standard InChI is InChI=1S/C27H35ClN8O3/c1-5-8-30-27(38)34-11-12-36(24-13-18(2)31-26(33-24)35-10-9-29-17-35)21(16-34)15-25(37)32-19(3)20-6-7-23(39-4)22(28)14-20/h6-7,9-10,13-14,17,19,21H,5,8,11-12,15-16H2,1-4H3,(H,30,38)(H,32,37). The molecule has 1 aliphatic heterocycles. The van der Waals surface area contributed by atoms with E-state index >= 15 is 0 Å².